The Hall–Kier alpha value is -2.92. The second-order valence-corrected chi connectivity index (χ2v) is 15.9. The van der Waals surface area contributed by atoms with Gasteiger partial charge in [0, 0.05) is 25.1 Å². The van der Waals surface area contributed by atoms with E-state index in [1.807, 2.05) is 12.1 Å². The Morgan fingerprint density at radius 2 is 1.79 bits per heavy atom. The van der Waals surface area contributed by atoms with Crippen molar-refractivity contribution < 1.29 is 19.4 Å². The molecule has 0 spiro atoms. The topological polar surface area (TPSA) is 60.8 Å². The number of hydrogen-bond acceptors (Lipinski definition) is 3. The number of benzene rings is 3. The van der Waals surface area contributed by atoms with Gasteiger partial charge in [-0.2, -0.15) is 0 Å². The maximum absolute atomic E-state index is 16.2. The fourth-order valence-corrected chi connectivity index (χ4v) is 10.8. The minimum Gasteiger partial charge on any atom is -0.508 e. The molecular weight excluding hydrogens is 585 g/mol. The summed E-state index contributed by atoms with van der Waals surface area (Å²) in [7, 11) is 0. The van der Waals surface area contributed by atoms with Crippen LogP contribution in [0.1, 0.15) is 114 Å². The van der Waals surface area contributed by atoms with Crippen molar-refractivity contribution in [3.63, 3.8) is 0 Å². The first kappa shape index (κ1) is 32.6. The summed E-state index contributed by atoms with van der Waals surface area (Å²) in [6, 6.07) is 18.5. The lowest BCUT2D eigenvalue weighted by Gasteiger charge is -2.54. The van der Waals surface area contributed by atoms with Gasteiger partial charge in [-0.3, -0.25) is 4.79 Å². The fraction of sp³-hybridized carbons (Fsp3) is 0.595. The lowest BCUT2D eigenvalue weighted by Crippen LogP contribution is -2.51. The molecule has 3 aromatic rings. The van der Waals surface area contributed by atoms with E-state index in [0.717, 1.165) is 74.7 Å². The predicted octanol–water partition coefficient (Wildman–Crippen LogP) is 9.67. The van der Waals surface area contributed by atoms with Crippen LogP contribution in [0.2, 0.25) is 0 Å². The molecular formula is C42H54FNO3. The molecule has 0 unspecified atom stereocenters. The maximum Gasteiger partial charge on any atom is 0.223 e. The number of unbranched alkanes of at least 4 members (excludes halogenated alkanes) is 2. The summed E-state index contributed by atoms with van der Waals surface area (Å²) >= 11 is 0. The number of amides is 1. The fourth-order valence-electron chi connectivity index (χ4n) is 10.8. The van der Waals surface area contributed by atoms with Crippen molar-refractivity contribution in [1.82, 2.24) is 0 Å². The average molecular weight is 640 g/mol. The predicted molar refractivity (Wildman–Crippen MR) is 189 cm³/mol. The molecule has 4 aliphatic carbocycles. The molecule has 2 N–H and O–H groups in total. The number of aryl methyl sites for hydroxylation is 1. The van der Waals surface area contributed by atoms with Crippen LogP contribution in [-0.2, 0) is 17.6 Å². The second-order valence-electron chi connectivity index (χ2n) is 15.9. The van der Waals surface area contributed by atoms with E-state index in [2.05, 4.69) is 48.2 Å². The Morgan fingerprint density at radius 1 is 0.979 bits per heavy atom. The maximum atomic E-state index is 16.2. The van der Waals surface area contributed by atoms with E-state index in [0.29, 0.717) is 24.2 Å². The molecule has 0 bridgehead atoms. The summed E-state index contributed by atoms with van der Waals surface area (Å²) in [6.45, 7) is 4.67. The highest BCUT2D eigenvalue weighted by Crippen LogP contribution is 2.63. The molecule has 1 amide bonds. The van der Waals surface area contributed by atoms with Gasteiger partial charge in [0.25, 0.3) is 0 Å². The Bertz CT molecular complexity index is 1580. The quantitative estimate of drug-likeness (QED) is 0.229. The normalized spacial score (nSPS) is 30.5. The SMILES string of the molecule is CC(=O)N(CC1CCCCC1)c1ccc2ccccc2c1CCCCC[C@@H]1Cc2cc(O)ccc2[C@@H]2[C@@H]1[C@@H]1CC[C@H](O)[C@@]1(C)C[C@@H]2F. The van der Waals surface area contributed by atoms with Gasteiger partial charge in [0.2, 0.25) is 5.91 Å². The highest BCUT2D eigenvalue weighted by molar-refractivity contribution is 5.98. The number of fused-ring (bicyclic) bond motifs is 6. The third kappa shape index (κ3) is 6.22. The molecule has 0 aliphatic heterocycles. The number of phenolic OH excluding ortho intramolecular Hbond substituents is 1. The third-order valence-corrected chi connectivity index (χ3v) is 13.1. The molecule has 3 aromatic carbocycles. The molecule has 0 heterocycles. The number of aliphatic hydroxyl groups is 1. The molecule has 3 saturated carbocycles. The Labute approximate surface area is 280 Å². The zero-order valence-electron chi connectivity index (χ0n) is 28.5. The van der Waals surface area contributed by atoms with Crippen LogP contribution in [0.4, 0.5) is 10.1 Å². The van der Waals surface area contributed by atoms with E-state index in [1.165, 1.54) is 48.4 Å². The van der Waals surface area contributed by atoms with Gasteiger partial charge in [0.15, 0.2) is 0 Å². The van der Waals surface area contributed by atoms with Crippen LogP contribution < -0.4 is 4.90 Å². The number of hydrogen-bond donors (Lipinski definition) is 2. The number of carbonyl (C=O) groups is 1. The van der Waals surface area contributed by atoms with Gasteiger partial charge in [-0.15, -0.1) is 0 Å². The van der Waals surface area contributed by atoms with Gasteiger partial charge < -0.3 is 15.1 Å². The van der Waals surface area contributed by atoms with Crippen molar-refractivity contribution in [2.45, 2.75) is 122 Å². The number of anilines is 1. The number of phenols is 1. The summed E-state index contributed by atoms with van der Waals surface area (Å²) in [5.41, 5.74) is 4.23. The molecule has 0 saturated heterocycles. The molecule has 3 fully saturated rings. The summed E-state index contributed by atoms with van der Waals surface area (Å²) in [5, 5.41) is 23.8. The molecule has 0 radical (unpaired) electrons. The number of halogens is 1. The van der Waals surface area contributed by atoms with Crippen molar-refractivity contribution in [3.05, 3.63) is 71.3 Å². The monoisotopic (exact) mass is 639 g/mol. The Morgan fingerprint density at radius 3 is 2.60 bits per heavy atom. The van der Waals surface area contributed by atoms with E-state index < -0.39 is 12.3 Å². The number of aliphatic hydroxyl groups excluding tert-OH is 1. The molecule has 252 valence electrons. The number of alkyl halides is 1. The first-order valence-electron chi connectivity index (χ1n) is 18.7. The van der Waals surface area contributed by atoms with Crippen molar-refractivity contribution in [1.29, 1.82) is 0 Å². The largest absolute Gasteiger partial charge is 0.508 e. The first-order valence-corrected chi connectivity index (χ1v) is 18.7. The molecule has 5 heteroatoms. The van der Waals surface area contributed by atoms with Crippen molar-refractivity contribution in [2.75, 3.05) is 11.4 Å². The van der Waals surface area contributed by atoms with Crippen molar-refractivity contribution in [2.24, 2.45) is 29.1 Å². The highest BCUT2D eigenvalue weighted by atomic mass is 19.1. The van der Waals surface area contributed by atoms with Crippen molar-refractivity contribution >= 4 is 22.4 Å². The standard InChI is InChI=1S/C42H54FNO3/c1-27(45)44(26-28-11-5-3-6-12-28)38-21-17-29-13-9-10-15-33(29)35(38)16-8-4-7-14-30-23-31-24-32(46)18-19-34(31)41-37(43)25-42(2)36(40(30)41)20-22-39(42)47/h9-10,13,15,17-19,21,24,28,30,36-37,39-41,46-47H,3-8,11-12,14,16,20,22-23,25-26H2,1-2H3/t30-,36+,37+,39+,40+,41+,42+/m1/s1. The Balaban J connectivity index is 1.08. The molecule has 4 nitrogen and oxygen atoms in total. The van der Waals surface area contributed by atoms with E-state index in [4.69, 9.17) is 0 Å². The van der Waals surface area contributed by atoms with E-state index in [-0.39, 0.29) is 28.9 Å². The van der Waals surface area contributed by atoms with Gasteiger partial charge >= 0.3 is 0 Å². The molecule has 47 heavy (non-hydrogen) atoms. The van der Waals surface area contributed by atoms with Crippen LogP contribution in [-0.4, -0.2) is 34.9 Å². The number of aromatic hydroxyl groups is 1. The van der Waals surface area contributed by atoms with Gasteiger partial charge in [0.1, 0.15) is 11.9 Å². The third-order valence-electron chi connectivity index (χ3n) is 13.1. The lowest BCUT2D eigenvalue weighted by molar-refractivity contribution is -0.116. The summed E-state index contributed by atoms with van der Waals surface area (Å²) in [4.78, 5) is 15.2. The molecule has 7 atom stereocenters. The number of rotatable bonds is 9. The first-order chi connectivity index (χ1) is 22.7. The smallest absolute Gasteiger partial charge is 0.223 e. The zero-order valence-corrected chi connectivity index (χ0v) is 28.5. The van der Waals surface area contributed by atoms with E-state index in [9.17, 15) is 15.0 Å². The van der Waals surface area contributed by atoms with E-state index in [1.54, 1.807) is 13.0 Å². The number of nitrogens with zero attached hydrogens (tertiary/aromatic N) is 1. The van der Waals surface area contributed by atoms with Crippen LogP contribution in [0.15, 0.2) is 54.6 Å². The average Bonchev–Trinajstić information content (AvgIpc) is 3.36. The Kier molecular flexibility index (Phi) is 9.39. The summed E-state index contributed by atoms with van der Waals surface area (Å²) in [5.74, 6) is 1.74. The van der Waals surface area contributed by atoms with Crippen LogP contribution >= 0.6 is 0 Å². The number of carbonyl (C=O) groups excluding carboxylic acids is 1. The summed E-state index contributed by atoms with van der Waals surface area (Å²) in [6.07, 6.45) is 13.1. The molecule has 0 aromatic heterocycles. The van der Waals surface area contributed by atoms with Gasteiger partial charge in [-0.1, -0.05) is 75.4 Å². The highest BCUT2D eigenvalue weighted by Gasteiger charge is 2.59. The van der Waals surface area contributed by atoms with Gasteiger partial charge in [0.05, 0.1) is 6.10 Å². The minimum atomic E-state index is -0.970. The second kappa shape index (κ2) is 13.5. The minimum absolute atomic E-state index is 0.132. The zero-order chi connectivity index (χ0) is 32.7. The summed E-state index contributed by atoms with van der Waals surface area (Å²) < 4.78 is 16.2. The molecule has 4 aliphatic rings. The van der Waals surface area contributed by atoms with Crippen molar-refractivity contribution in [3.8, 4) is 5.75 Å². The van der Waals surface area contributed by atoms with Gasteiger partial charge in [-0.25, -0.2) is 4.39 Å². The lowest BCUT2D eigenvalue weighted by atomic mass is 9.51. The van der Waals surface area contributed by atoms with Crippen LogP contribution in [0, 0.1) is 29.1 Å². The van der Waals surface area contributed by atoms with Crippen LogP contribution in [0.3, 0.4) is 0 Å². The van der Waals surface area contributed by atoms with E-state index >= 15 is 4.39 Å². The van der Waals surface area contributed by atoms with Crippen LogP contribution in [0.5, 0.6) is 5.75 Å². The molecule has 7 rings (SSSR count). The van der Waals surface area contributed by atoms with Gasteiger partial charge in [-0.05, 0) is 133 Å². The van der Waals surface area contributed by atoms with Crippen LogP contribution in [0.25, 0.3) is 10.8 Å².